The lowest BCUT2D eigenvalue weighted by molar-refractivity contribution is -0.140. The van der Waals surface area contributed by atoms with Crippen molar-refractivity contribution in [2.24, 2.45) is 0 Å². The van der Waals surface area contributed by atoms with Gasteiger partial charge in [0.2, 0.25) is 0 Å². The first-order valence-corrected chi connectivity index (χ1v) is 10.5. The molecular formula is C26H25NO5. The zero-order valence-electron chi connectivity index (χ0n) is 18.3. The standard InChI is InChI=1S/C26H25NO5/c1-4-17-7-9-18(10-8-17)23-22(24(28)19-11-12-21(31-3)16(2)14-19)25(29)26(30)27(23)15-20-6-5-13-32-20/h5-14,23,28H,4,15H2,1-3H3/b24-22-. The van der Waals surface area contributed by atoms with Crippen LogP contribution in [0.25, 0.3) is 5.76 Å². The van der Waals surface area contributed by atoms with Crippen molar-refractivity contribution in [1.29, 1.82) is 0 Å². The van der Waals surface area contributed by atoms with Crippen LogP contribution in [0.5, 0.6) is 5.75 Å². The van der Waals surface area contributed by atoms with Crippen molar-refractivity contribution in [3.8, 4) is 5.75 Å². The summed E-state index contributed by atoms with van der Waals surface area (Å²) in [6.07, 6.45) is 2.40. The smallest absolute Gasteiger partial charge is 0.296 e. The Morgan fingerprint density at radius 2 is 1.88 bits per heavy atom. The summed E-state index contributed by atoms with van der Waals surface area (Å²) in [6, 6.07) is 15.7. The van der Waals surface area contributed by atoms with Gasteiger partial charge in [0.05, 0.1) is 31.5 Å². The molecule has 1 N–H and O–H groups in total. The lowest BCUT2D eigenvalue weighted by atomic mass is 9.94. The molecule has 1 atom stereocenters. The lowest BCUT2D eigenvalue weighted by Gasteiger charge is -2.24. The number of nitrogens with zero attached hydrogens (tertiary/aromatic N) is 1. The second-order valence-corrected chi connectivity index (χ2v) is 7.79. The van der Waals surface area contributed by atoms with E-state index in [4.69, 9.17) is 9.15 Å². The molecule has 0 bridgehead atoms. The predicted molar refractivity (Wildman–Crippen MR) is 120 cm³/mol. The third kappa shape index (κ3) is 3.80. The van der Waals surface area contributed by atoms with Crippen LogP contribution in [0.4, 0.5) is 0 Å². The summed E-state index contributed by atoms with van der Waals surface area (Å²) in [5.74, 6) is -0.362. The van der Waals surface area contributed by atoms with Gasteiger partial charge in [-0.25, -0.2) is 0 Å². The van der Waals surface area contributed by atoms with Gasteiger partial charge in [0.25, 0.3) is 11.7 Å². The molecule has 1 fully saturated rings. The van der Waals surface area contributed by atoms with Crippen LogP contribution in [-0.2, 0) is 22.6 Å². The maximum Gasteiger partial charge on any atom is 0.296 e. The number of rotatable bonds is 6. The first-order chi connectivity index (χ1) is 15.4. The van der Waals surface area contributed by atoms with E-state index >= 15 is 0 Å². The van der Waals surface area contributed by atoms with Crippen molar-refractivity contribution >= 4 is 17.4 Å². The summed E-state index contributed by atoms with van der Waals surface area (Å²) in [5, 5.41) is 11.2. The van der Waals surface area contributed by atoms with Gasteiger partial charge in [-0.2, -0.15) is 0 Å². The van der Waals surface area contributed by atoms with Crippen LogP contribution >= 0.6 is 0 Å². The van der Waals surface area contributed by atoms with E-state index in [1.165, 1.54) is 11.2 Å². The Morgan fingerprint density at radius 3 is 2.47 bits per heavy atom. The number of benzene rings is 2. The fourth-order valence-corrected chi connectivity index (χ4v) is 4.08. The van der Waals surface area contributed by atoms with Crippen LogP contribution in [0, 0.1) is 6.92 Å². The van der Waals surface area contributed by atoms with Gasteiger partial charge in [-0.1, -0.05) is 31.2 Å². The van der Waals surface area contributed by atoms with Crippen LogP contribution < -0.4 is 4.74 Å². The second kappa shape index (κ2) is 8.75. The minimum absolute atomic E-state index is 0.0652. The molecule has 1 aromatic heterocycles. The van der Waals surface area contributed by atoms with Crippen molar-refractivity contribution in [1.82, 2.24) is 4.90 Å². The fourth-order valence-electron chi connectivity index (χ4n) is 4.08. The number of hydrogen-bond donors (Lipinski definition) is 1. The zero-order valence-corrected chi connectivity index (χ0v) is 18.3. The molecule has 0 saturated carbocycles. The number of hydrogen-bond acceptors (Lipinski definition) is 5. The summed E-state index contributed by atoms with van der Waals surface area (Å²) in [6.45, 7) is 4.03. The summed E-state index contributed by atoms with van der Waals surface area (Å²) < 4.78 is 10.7. The Labute approximate surface area is 186 Å². The monoisotopic (exact) mass is 431 g/mol. The molecule has 1 saturated heterocycles. The first-order valence-electron chi connectivity index (χ1n) is 10.5. The van der Waals surface area contributed by atoms with Gasteiger partial charge in [0, 0.05) is 5.56 Å². The molecule has 6 nitrogen and oxygen atoms in total. The number of Topliss-reactive ketones (excluding diaryl/α,β-unsaturated/α-hetero) is 1. The first kappa shape index (κ1) is 21.4. The van der Waals surface area contributed by atoms with Crippen molar-refractivity contribution in [2.45, 2.75) is 32.9 Å². The Bertz CT molecular complexity index is 1180. The van der Waals surface area contributed by atoms with Crippen LogP contribution in [-0.4, -0.2) is 28.8 Å². The highest BCUT2D eigenvalue weighted by Crippen LogP contribution is 2.40. The van der Waals surface area contributed by atoms with Gasteiger partial charge in [0.15, 0.2) is 0 Å². The third-order valence-corrected chi connectivity index (χ3v) is 5.82. The quantitative estimate of drug-likeness (QED) is 0.345. The number of aliphatic hydroxyl groups excluding tert-OH is 1. The summed E-state index contributed by atoms with van der Waals surface area (Å²) in [4.78, 5) is 27.6. The molecule has 2 aromatic carbocycles. The van der Waals surface area contributed by atoms with Crippen molar-refractivity contribution in [2.75, 3.05) is 7.11 Å². The average Bonchev–Trinajstić information content (AvgIpc) is 3.41. The number of carbonyl (C=O) groups is 2. The predicted octanol–water partition coefficient (Wildman–Crippen LogP) is 4.78. The fraction of sp³-hybridized carbons (Fsp3) is 0.231. The molecule has 0 spiro atoms. The van der Waals surface area contributed by atoms with E-state index in [1.807, 2.05) is 31.2 Å². The maximum absolute atomic E-state index is 13.1. The van der Waals surface area contributed by atoms with Crippen molar-refractivity contribution < 1.29 is 23.8 Å². The van der Waals surface area contributed by atoms with Gasteiger partial charge in [-0.3, -0.25) is 9.59 Å². The van der Waals surface area contributed by atoms with E-state index in [0.717, 1.165) is 23.1 Å². The van der Waals surface area contributed by atoms with Gasteiger partial charge in [0.1, 0.15) is 17.3 Å². The highest BCUT2D eigenvalue weighted by molar-refractivity contribution is 6.46. The number of carbonyl (C=O) groups excluding carboxylic acids is 2. The molecule has 0 aliphatic carbocycles. The van der Waals surface area contributed by atoms with E-state index in [1.54, 1.807) is 37.4 Å². The zero-order chi connectivity index (χ0) is 22.8. The van der Waals surface area contributed by atoms with E-state index in [0.29, 0.717) is 17.1 Å². The highest BCUT2D eigenvalue weighted by Gasteiger charge is 2.46. The van der Waals surface area contributed by atoms with Crippen LogP contribution in [0.3, 0.4) is 0 Å². The normalized spacial score (nSPS) is 17.7. The number of aliphatic hydroxyl groups is 1. The molecule has 3 aromatic rings. The van der Waals surface area contributed by atoms with E-state index in [-0.39, 0.29) is 17.9 Å². The Morgan fingerprint density at radius 1 is 1.12 bits per heavy atom. The second-order valence-electron chi connectivity index (χ2n) is 7.79. The molecule has 1 unspecified atom stereocenters. The number of aryl methyl sites for hydroxylation is 2. The summed E-state index contributed by atoms with van der Waals surface area (Å²) >= 11 is 0. The number of ether oxygens (including phenoxy) is 1. The lowest BCUT2D eigenvalue weighted by Crippen LogP contribution is -2.29. The summed E-state index contributed by atoms with van der Waals surface area (Å²) in [5.41, 5.74) is 3.22. The minimum atomic E-state index is -0.728. The van der Waals surface area contributed by atoms with Crippen LogP contribution in [0.15, 0.2) is 70.9 Å². The molecule has 1 aliphatic rings. The molecule has 1 aliphatic heterocycles. The summed E-state index contributed by atoms with van der Waals surface area (Å²) in [7, 11) is 1.57. The number of ketones is 1. The molecule has 6 heteroatoms. The minimum Gasteiger partial charge on any atom is -0.507 e. The largest absolute Gasteiger partial charge is 0.507 e. The van der Waals surface area contributed by atoms with Crippen LogP contribution in [0.2, 0.25) is 0 Å². The molecule has 2 heterocycles. The highest BCUT2D eigenvalue weighted by atomic mass is 16.5. The molecule has 32 heavy (non-hydrogen) atoms. The Balaban J connectivity index is 1.85. The molecule has 0 radical (unpaired) electrons. The number of amides is 1. The van der Waals surface area contributed by atoms with E-state index in [2.05, 4.69) is 6.92 Å². The van der Waals surface area contributed by atoms with Gasteiger partial charge < -0.3 is 19.2 Å². The number of likely N-dealkylation sites (tertiary alicyclic amines) is 1. The molecule has 4 rings (SSSR count). The maximum atomic E-state index is 13.1. The number of methoxy groups -OCH3 is 1. The topological polar surface area (TPSA) is 80.0 Å². The van der Waals surface area contributed by atoms with Crippen molar-refractivity contribution in [3.63, 3.8) is 0 Å². The van der Waals surface area contributed by atoms with Gasteiger partial charge in [-0.15, -0.1) is 0 Å². The van der Waals surface area contributed by atoms with Crippen LogP contribution in [0.1, 0.15) is 41.0 Å². The third-order valence-electron chi connectivity index (χ3n) is 5.82. The Hall–Kier alpha value is -3.80. The molecular weight excluding hydrogens is 406 g/mol. The Kier molecular flexibility index (Phi) is 5.86. The average molecular weight is 431 g/mol. The van der Waals surface area contributed by atoms with Gasteiger partial charge in [-0.05, 0) is 60.4 Å². The molecule has 164 valence electrons. The number of furan rings is 1. The van der Waals surface area contributed by atoms with E-state index < -0.39 is 17.7 Å². The molecule has 1 amide bonds. The van der Waals surface area contributed by atoms with Gasteiger partial charge >= 0.3 is 0 Å². The van der Waals surface area contributed by atoms with E-state index in [9.17, 15) is 14.7 Å². The van der Waals surface area contributed by atoms with Crippen molar-refractivity contribution in [3.05, 3.63) is 94.4 Å². The SMILES string of the molecule is CCc1ccc(C2/C(=C(/O)c3ccc(OC)c(C)c3)C(=O)C(=O)N2Cc2ccco2)cc1.